The molecule has 0 aliphatic heterocycles. The number of imidazole rings is 1. The Morgan fingerprint density at radius 1 is 1.31 bits per heavy atom. The van der Waals surface area contributed by atoms with Crippen molar-refractivity contribution in [2.45, 2.75) is 46.2 Å². The molecular formula is C20H25Cl2N3O. The van der Waals surface area contributed by atoms with Crippen molar-refractivity contribution in [2.24, 2.45) is 11.8 Å². The lowest BCUT2D eigenvalue weighted by molar-refractivity contribution is -0.139. The minimum atomic E-state index is 0.201. The molecule has 1 aromatic heterocycles. The minimum Gasteiger partial charge on any atom is -0.335 e. The van der Waals surface area contributed by atoms with Crippen molar-refractivity contribution in [1.82, 2.24) is 14.5 Å². The second-order valence-corrected chi connectivity index (χ2v) is 8.27. The molecule has 140 valence electrons. The van der Waals surface area contributed by atoms with Crippen molar-refractivity contribution in [1.29, 1.82) is 0 Å². The number of benzene rings is 1. The Kier molecular flexibility index (Phi) is 6.25. The number of hydrogen-bond donors (Lipinski definition) is 0. The first-order chi connectivity index (χ1) is 12.4. The molecule has 1 fully saturated rings. The Hall–Kier alpha value is -1.52. The molecule has 0 unspecified atom stereocenters. The van der Waals surface area contributed by atoms with Crippen LogP contribution < -0.4 is 0 Å². The van der Waals surface area contributed by atoms with Gasteiger partial charge in [0.1, 0.15) is 5.82 Å². The fourth-order valence-corrected chi connectivity index (χ4v) is 3.55. The molecule has 0 atom stereocenters. The van der Waals surface area contributed by atoms with Crippen LogP contribution in [-0.4, -0.2) is 26.9 Å². The molecule has 6 heteroatoms. The number of hydrogen-bond acceptors (Lipinski definition) is 2. The van der Waals surface area contributed by atoms with Gasteiger partial charge in [-0.3, -0.25) is 4.79 Å². The minimum absolute atomic E-state index is 0.201. The van der Waals surface area contributed by atoms with Crippen LogP contribution in [0, 0.1) is 11.8 Å². The molecule has 26 heavy (non-hydrogen) atoms. The zero-order valence-electron chi connectivity index (χ0n) is 15.3. The highest BCUT2D eigenvalue weighted by molar-refractivity contribution is 6.42. The average Bonchev–Trinajstić information content (AvgIpc) is 2.95. The Morgan fingerprint density at radius 3 is 2.69 bits per heavy atom. The van der Waals surface area contributed by atoms with Gasteiger partial charge in [0.15, 0.2) is 0 Å². The summed E-state index contributed by atoms with van der Waals surface area (Å²) in [6.45, 7) is 6.24. The van der Waals surface area contributed by atoms with Crippen LogP contribution in [0.2, 0.25) is 10.0 Å². The Morgan fingerprint density at radius 2 is 2.08 bits per heavy atom. The summed E-state index contributed by atoms with van der Waals surface area (Å²) in [6.07, 6.45) is 6.93. The fraction of sp³-hybridized carbons (Fsp3) is 0.500. The summed E-state index contributed by atoms with van der Waals surface area (Å²) in [5, 5.41) is 1.10. The van der Waals surface area contributed by atoms with Crippen LogP contribution in [0.1, 0.15) is 44.5 Å². The van der Waals surface area contributed by atoms with Gasteiger partial charge in [-0.25, -0.2) is 4.98 Å². The number of carbonyl (C=O) groups excluding carboxylic acids is 1. The third-order valence-corrected chi connectivity index (χ3v) is 5.56. The quantitative estimate of drug-likeness (QED) is 0.661. The summed E-state index contributed by atoms with van der Waals surface area (Å²) in [5.74, 6) is 1.79. The lowest BCUT2D eigenvalue weighted by atomic mass is 9.84. The number of halogens is 2. The standard InChI is InChI=1S/C20H25Cl2N3O/c1-14(2)11-25(20(26)16-4-3-5-16)13-19-23-8-9-24(19)12-15-6-7-17(21)18(22)10-15/h6-10,14,16H,3-5,11-13H2,1-2H3. The van der Waals surface area contributed by atoms with Gasteiger partial charge in [-0.15, -0.1) is 0 Å². The molecule has 0 spiro atoms. The van der Waals surface area contributed by atoms with Gasteiger partial charge in [0.25, 0.3) is 0 Å². The normalized spacial score (nSPS) is 14.5. The van der Waals surface area contributed by atoms with Crippen molar-refractivity contribution in [2.75, 3.05) is 6.54 Å². The second-order valence-electron chi connectivity index (χ2n) is 7.46. The highest BCUT2D eigenvalue weighted by atomic mass is 35.5. The smallest absolute Gasteiger partial charge is 0.226 e. The zero-order chi connectivity index (χ0) is 18.7. The van der Waals surface area contributed by atoms with E-state index in [2.05, 4.69) is 23.4 Å². The Bertz CT molecular complexity index is 768. The molecule has 0 bridgehead atoms. The molecule has 4 nitrogen and oxygen atoms in total. The SMILES string of the molecule is CC(C)CN(Cc1nccn1Cc1ccc(Cl)c(Cl)c1)C(=O)C1CCC1. The number of amides is 1. The van der Waals surface area contributed by atoms with E-state index in [0.29, 0.717) is 29.1 Å². The van der Waals surface area contributed by atoms with Crippen molar-refractivity contribution in [3.05, 3.63) is 52.0 Å². The summed E-state index contributed by atoms with van der Waals surface area (Å²) in [6, 6.07) is 5.64. The number of nitrogens with zero attached hydrogens (tertiary/aromatic N) is 3. The molecule has 0 radical (unpaired) electrons. The van der Waals surface area contributed by atoms with Gasteiger partial charge < -0.3 is 9.47 Å². The molecule has 1 heterocycles. The summed E-state index contributed by atoms with van der Waals surface area (Å²) in [5.41, 5.74) is 1.05. The molecule has 1 aliphatic carbocycles. The second kappa shape index (κ2) is 8.45. The van der Waals surface area contributed by atoms with E-state index in [-0.39, 0.29) is 11.8 Å². The van der Waals surface area contributed by atoms with E-state index >= 15 is 0 Å². The highest BCUT2D eigenvalue weighted by Crippen LogP contribution is 2.29. The summed E-state index contributed by atoms with van der Waals surface area (Å²) in [7, 11) is 0. The van der Waals surface area contributed by atoms with Gasteiger partial charge in [-0.2, -0.15) is 0 Å². The van der Waals surface area contributed by atoms with E-state index in [0.717, 1.165) is 37.2 Å². The van der Waals surface area contributed by atoms with E-state index < -0.39 is 0 Å². The molecule has 3 rings (SSSR count). The lowest BCUT2D eigenvalue weighted by Crippen LogP contribution is -2.41. The maximum atomic E-state index is 12.8. The number of carbonyl (C=O) groups is 1. The van der Waals surface area contributed by atoms with Crippen LogP contribution in [0.15, 0.2) is 30.6 Å². The third-order valence-electron chi connectivity index (χ3n) is 4.82. The molecular weight excluding hydrogens is 369 g/mol. The largest absolute Gasteiger partial charge is 0.335 e. The molecule has 2 aromatic rings. The van der Waals surface area contributed by atoms with Crippen LogP contribution >= 0.6 is 23.2 Å². The maximum Gasteiger partial charge on any atom is 0.226 e. The van der Waals surface area contributed by atoms with Gasteiger partial charge in [0.2, 0.25) is 5.91 Å². The Labute approximate surface area is 165 Å². The lowest BCUT2D eigenvalue weighted by Gasteiger charge is -2.32. The molecule has 0 saturated heterocycles. The van der Waals surface area contributed by atoms with Crippen LogP contribution in [-0.2, 0) is 17.9 Å². The summed E-state index contributed by atoms with van der Waals surface area (Å²) in [4.78, 5) is 19.3. The van der Waals surface area contributed by atoms with Gasteiger partial charge >= 0.3 is 0 Å². The molecule has 1 aromatic carbocycles. The third kappa shape index (κ3) is 4.60. The topological polar surface area (TPSA) is 38.1 Å². The fourth-order valence-electron chi connectivity index (χ4n) is 3.23. The zero-order valence-corrected chi connectivity index (χ0v) is 16.8. The van der Waals surface area contributed by atoms with Crippen molar-refractivity contribution < 1.29 is 4.79 Å². The summed E-state index contributed by atoms with van der Waals surface area (Å²) < 4.78 is 2.07. The number of rotatable bonds is 7. The molecule has 1 saturated carbocycles. The number of aromatic nitrogens is 2. The molecule has 1 amide bonds. The van der Waals surface area contributed by atoms with Crippen molar-refractivity contribution in [3.63, 3.8) is 0 Å². The van der Waals surface area contributed by atoms with E-state index in [4.69, 9.17) is 23.2 Å². The first-order valence-electron chi connectivity index (χ1n) is 9.16. The van der Waals surface area contributed by atoms with E-state index in [9.17, 15) is 4.79 Å². The van der Waals surface area contributed by atoms with Crippen LogP contribution in [0.25, 0.3) is 0 Å². The van der Waals surface area contributed by atoms with Gasteiger partial charge in [0.05, 0.1) is 16.6 Å². The maximum absolute atomic E-state index is 12.8. The van der Waals surface area contributed by atoms with Gasteiger partial charge in [-0.1, -0.05) is 49.5 Å². The first-order valence-corrected chi connectivity index (χ1v) is 9.92. The van der Waals surface area contributed by atoms with Crippen LogP contribution in [0.5, 0.6) is 0 Å². The predicted molar refractivity (Wildman–Crippen MR) is 105 cm³/mol. The molecule has 0 N–H and O–H groups in total. The van der Waals surface area contributed by atoms with Gasteiger partial charge in [-0.05, 0) is 36.5 Å². The average molecular weight is 394 g/mol. The van der Waals surface area contributed by atoms with Crippen molar-refractivity contribution in [3.8, 4) is 0 Å². The predicted octanol–water partition coefficient (Wildman–Crippen LogP) is 5.02. The van der Waals surface area contributed by atoms with Gasteiger partial charge in [0, 0.05) is 31.4 Å². The first kappa shape index (κ1) is 19.2. The van der Waals surface area contributed by atoms with Crippen LogP contribution in [0.3, 0.4) is 0 Å². The molecule has 1 aliphatic rings. The highest BCUT2D eigenvalue weighted by Gasteiger charge is 2.30. The Balaban J connectivity index is 1.74. The van der Waals surface area contributed by atoms with E-state index in [1.54, 1.807) is 12.3 Å². The van der Waals surface area contributed by atoms with Crippen LogP contribution in [0.4, 0.5) is 0 Å². The monoisotopic (exact) mass is 393 g/mol. The van der Waals surface area contributed by atoms with E-state index in [1.165, 1.54) is 0 Å². The van der Waals surface area contributed by atoms with Crippen molar-refractivity contribution >= 4 is 29.1 Å². The summed E-state index contributed by atoms with van der Waals surface area (Å²) >= 11 is 12.1. The van der Waals surface area contributed by atoms with E-state index in [1.807, 2.05) is 23.2 Å².